The molecule has 1 heterocycles. The molecule has 0 radical (unpaired) electrons. The molecule has 17 heavy (non-hydrogen) atoms. The number of fused-ring (bicyclic) bond motifs is 1. The van der Waals surface area contributed by atoms with E-state index in [-0.39, 0.29) is 11.5 Å². The number of benzene rings is 1. The zero-order valence-corrected chi connectivity index (χ0v) is 11.4. The third kappa shape index (κ3) is 3.46. The average molecular weight is 253 g/mol. The highest BCUT2D eigenvalue weighted by Crippen LogP contribution is 2.33. The maximum Gasteiger partial charge on any atom is 0.0830 e. The molecule has 0 N–H and O–H groups in total. The van der Waals surface area contributed by atoms with Crippen molar-refractivity contribution in [3.05, 3.63) is 35.4 Å². The fourth-order valence-corrected chi connectivity index (χ4v) is 2.99. The van der Waals surface area contributed by atoms with E-state index >= 15 is 0 Å². The Morgan fingerprint density at radius 3 is 2.88 bits per heavy atom. The van der Waals surface area contributed by atoms with Crippen molar-refractivity contribution in [2.75, 3.05) is 6.61 Å². The molecular formula is C15H21ClO. The Balaban J connectivity index is 2.03. The van der Waals surface area contributed by atoms with Gasteiger partial charge in [0, 0.05) is 5.38 Å². The summed E-state index contributed by atoms with van der Waals surface area (Å²) in [6.07, 6.45) is 3.45. The summed E-state index contributed by atoms with van der Waals surface area (Å²) in [5.74, 6) is 0.610. The molecule has 0 spiro atoms. The van der Waals surface area contributed by atoms with Crippen molar-refractivity contribution in [3.8, 4) is 0 Å². The number of rotatable bonds is 4. The monoisotopic (exact) mass is 252 g/mol. The number of alkyl halides is 1. The minimum absolute atomic E-state index is 0.254. The molecule has 1 aromatic carbocycles. The molecule has 1 aliphatic heterocycles. The van der Waals surface area contributed by atoms with Crippen molar-refractivity contribution >= 4 is 11.6 Å². The molecule has 0 bridgehead atoms. The molecular weight excluding hydrogens is 232 g/mol. The molecule has 2 rings (SSSR count). The minimum atomic E-state index is 0.254. The maximum absolute atomic E-state index is 6.05. The Kier molecular flexibility index (Phi) is 4.47. The molecule has 3 unspecified atom stereocenters. The Bertz CT molecular complexity index is 362. The van der Waals surface area contributed by atoms with Gasteiger partial charge in [0.2, 0.25) is 0 Å². The van der Waals surface area contributed by atoms with Crippen LogP contribution < -0.4 is 0 Å². The van der Waals surface area contributed by atoms with Crippen LogP contribution in [0.4, 0.5) is 0 Å². The van der Waals surface area contributed by atoms with Crippen LogP contribution in [0, 0.1) is 5.92 Å². The first kappa shape index (κ1) is 12.9. The molecule has 0 aromatic heterocycles. The third-order valence-electron chi connectivity index (χ3n) is 3.44. The standard InChI is InChI=1S/C15H21ClO/c1-11(9-12(2)16)10-15-14-6-4-3-5-13(14)7-8-17-15/h3-6,11-12,15H,7-10H2,1-2H3. The van der Waals surface area contributed by atoms with Gasteiger partial charge in [-0.15, -0.1) is 11.6 Å². The Hall–Kier alpha value is -0.530. The van der Waals surface area contributed by atoms with Crippen LogP contribution in [0.3, 0.4) is 0 Å². The molecule has 2 heteroatoms. The van der Waals surface area contributed by atoms with Crippen molar-refractivity contribution in [2.24, 2.45) is 5.92 Å². The second-order valence-corrected chi connectivity index (χ2v) is 5.91. The Morgan fingerprint density at radius 2 is 2.12 bits per heavy atom. The lowest BCUT2D eigenvalue weighted by Crippen LogP contribution is -2.19. The van der Waals surface area contributed by atoms with E-state index in [9.17, 15) is 0 Å². The normalized spacial score (nSPS) is 22.9. The predicted molar refractivity (Wildman–Crippen MR) is 72.6 cm³/mol. The molecule has 0 saturated carbocycles. The molecule has 94 valence electrons. The van der Waals surface area contributed by atoms with Gasteiger partial charge in [-0.2, -0.15) is 0 Å². The first-order valence-corrected chi connectivity index (χ1v) is 6.94. The van der Waals surface area contributed by atoms with Crippen molar-refractivity contribution in [2.45, 2.75) is 44.6 Å². The summed E-state index contributed by atoms with van der Waals surface area (Å²) in [5, 5.41) is 0.254. The molecule has 1 nitrogen and oxygen atoms in total. The van der Waals surface area contributed by atoms with Gasteiger partial charge in [-0.3, -0.25) is 0 Å². The number of hydrogen-bond donors (Lipinski definition) is 0. The molecule has 0 aliphatic carbocycles. The lowest BCUT2D eigenvalue weighted by molar-refractivity contribution is 0.0261. The van der Waals surface area contributed by atoms with Gasteiger partial charge in [-0.05, 0) is 43.2 Å². The second-order valence-electron chi connectivity index (χ2n) is 5.17. The third-order valence-corrected chi connectivity index (χ3v) is 3.61. The van der Waals surface area contributed by atoms with Crippen LogP contribution in [0.15, 0.2) is 24.3 Å². The summed E-state index contributed by atoms with van der Waals surface area (Å²) in [6.45, 7) is 5.18. The molecule has 0 fully saturated rings. The fraction of sp³-hybridized carbons (Fsp3) is 0.600. The van der Waals surface area contributed by atoms with Gasteiger partial charge in [0.25, 0.3) is 0 Å². The molecule has 1 aliphatic rings. The van der Waals surface area contributed by atoms with Gasteiger partial charge in [0.1, 0.15) is 0 Å². The zero-order chi connectivity index (χ0) is 12.3. The van der Waals surface area contributed by atoms with E-state index in [0.717, 1.165) is 25.9 Å². The predicted octanol–water partition coefficient (Wildman–Crippen LogP) is 4.34. The summed E-state index contributed by atoms with van der Waals surface area (Å²) in [6, 6.07) is 8.65. The van der Waals surface area contributed by atoms with E-state index in [0.29, 0.717) is 5.92 Å². The highest BCUT2D eigenvalue weighted by atomic mass is 35.5. The summed E-state index contributed by atoms with van der Waals surface area (Å²) < 4.78 is 5.91. The first-order chi connectivity index (χ1) is 8.16. The van der Waals surface area contributed by atoms with Crippen molar-refractivity contribution in [1.82, 2.24) is 0 Å². The van der Waals surface area contributed by atoms with Crippen molar-refractivity contribution < 1.29 is 4.74 Å². The van der Waals surface area contributed by atoms with Gasteiger partial charge in [0.15, 0.2) is 0 Å². The number of halogens is 1. The van der Waals surface area contributed by atoms with Gasteiger partial charge < -0.3 is 4.74 Å². The van der Waals surface area contributed by atoms with E-state index < -0.39 is 0 Å². The van der Waals surface area contributed by atoms with Crippen molar-refractivity contribution in [1.29, 1.82) is 0 Å². The summed E-state index contributed by atoms with van der Waals surface area (Å²) in [5.41, 5.74) is 2.84. The molecule has 3 atom stereocenters. The number of ether oxygens (including phenoxy) is 1. The second kappa shape index (κ2) is 5.88. The molecule has 1 aromatic rings. The smallest absolute Gasteiger partial charge is 0.0830 e. The van der Waals surface area contributed by atoms with E-state index in [1.807, 2.05) is 0 Å². The Labute approximate surface area is 109 Å². The summed E-state index contributed by atoms with van der Waals surface area (Å²) in [7, 11) is 0. The first-order valence-electron chi connectivity index (χ1n) is 6.50. The quantitative estimate of drug-likeness (QED) is 0.725. The highest BCUT2D eigenvalue weighted by molar-refractivity contribution is 6.20. The summed E-state index contributed by atoms with van der Waals surface area (Å²) in [4.78, 5) is 0. The van der Waals surface area contributed by atoms with Gasteiger partial charge in [-0.1, -0.05) is 31.2 Å². The van der Waals surface area contributed by atoms with Crippen LogP contribution in [-0.4, -0.2) is 12.0 Å². The van der Waals surface area contributed by atoms with Gasteiger partial charge in [-0.25, -0.2) is 0 Å². The topological polar surface area (TPSA) is 9.23 Å². The number of hydrogen-bond acceptors (Lipinski definition) is 1. The van der Waals surface area contributed by atoms with E-state index in [2.05, 4.69) is 38.1 Å². The van der Waals surface area contributed by atoms with E-state index in [4.69, 9.17) is 16.3 Å². The zero-order valence-electron chi connectivity index (χ0n) is 10.7. The maximum atomic E-state index is 6.05. The highest BCUT2D eigenvalue weighted by Gasteiger charge is 2.22. The van der Waals surface area contributed by atoms with Gasteiger partial charge >= 0.3 is 0 Å². The average Bonchev–Trinajstić information content (AvgIpc) is 2.28. The molecule has 0 saturated heterocycles. The fourth-order valence-electron chi connectivity index (χ4n) is 2.69. The van der Waals surface area contributed by atoms with E-state index in [1.54, 1.807) is 0 Å². The van der Waals surface area contributed by atoms with Gasteiger partial charge in [0.05, 0.1) is 12.7 Å². The van der Waals surface area contributed by atoms with Crippen LogP contribution >= 0.6 is 11.6 Å². The van der Waals surface area contributed by atoms with Crippen LogP contribution in [-0.2, 0) is 11.2 Å². The van der Waals surface area contributed by atoms with Crippen LogP contribution in [0.5, 0.6) is 0 Å². The minimum Gasteiger partial charge on any atom is -0.373 e. The van der Waals surface area contributed by atoms with Crippen LogP contribution in [0.25, 0.3) is 0 Å². The van der Waals surface area contributed by atoms with E-state index in [1.165, 1.54) is 11.1 Å². The van der Waals surface area contributed by atoms with Crippen molar-refractivity contribution in [3.63, 3.8) is 0 Å². The lowest BCUT2D eigenvalue weighted by Gasteiger charge is -2.28. The van der Waals surface area contributed by atoms with Crippen LogP contribution in [0.1, 0.15) is 43.9 Å². The largest absolute Gasteiger partial charge is 0.373 e. The van der Waals surface area contributed by atoms with Crippen LogP contribution in [0.2, 0.25) is 0 Å². The lowest BCUT2D eigenvalue weighted by atomic mass is 9.90. The Morgan fingerprint density at radius 1 is 1.35 bits per heavy atom. The summed E-state index contributed by atoms with van der Waals surface area (Å²) >= 11 is 6.05. The SMILES string of the molecule is CC(Cl)CC(C)CC1OCCc2ccccc21. The molecule has 0 amide bonds.